The molecule has 2 aliphatic rings. The third-order valence-corrected chi connectivity index (χ3v) is 6.25. The van der Waals surface area contributed by atoms with Crippen LogP contribution in [0.3, 0.4) is 0 Å². The van der Waals surface area contributed by atoms with Gasteiger partial charge in [-0.25, -0.2) is 4.98 Å². The SMILES string of the molecule is CCCN(CC1CC1)c1c2c(nc3c(-c4ccc(OC)cc4C)c(C)nn13)COC2. The Balaban J connectivity index is 1.73. The van der Waals surface area contributed by atoms with Gasteiger partial charge < -0.3 is 14.4 Å². The van der Waals surface area contributed by atoms with Gasteiger partial charge in [0.05, 0.1) is 31.7 Å². The van der Waals surface area contributed by atoms with Crippen molar-refractivity contribution >= 4 is 11.5 Å². The first-order valence-electron chi connectivity index (χ1n) is 11.0. The highest BCUT2D eigenvalue weighted by molar-refractivity contribution is 5.83. The Labute approximate surface area is 177 Å². The van der Waals surface area contributed by atoms with Gasteiger partial charge in [0, 0.05) is 24.2 Å². The average molecular weight is 407 g/mol. The van der Waals surface area contributed by atoms with Crippen molar-refractivity contribution in [3.8, 4) is 16.9 Å². The van der Waals surface area contributed by atoms with Gasteiger partial charge in [0.2, 0.25) is 0 Å². The first-order valence-corrected chi connectivity index (χ1v) is 11.0. The monoisotopic (exact) mass is 406 g/mol. The molecule has 6 heteroatoms. The van der Waals surface area contributed by atoms with Crippen LogP contribution < -0.4 is 9.64 Å². The van der Waals surface area contributed by atoms with Crippen LogP contribution in [0.25, 0.3) is 16.8 Å². The quantitative estimate of drug-likeness (QED) is 0.570. The van der Waals surface area contributed by atoms with Crippen LogP contribution in [-0.2, 0) is 18.0 Å². The van der Waals surface area contributed by atoms with Gasteiger partial charge in [0.25, 0.3) is 0 Å². The highest BCUT2D eigenvalue weighted by Crippen LogP contribution is 2.39. The standard InChI is InChI=1S/C24H30N4O2/c1-5-10-27(12-17-6-7-17)24-20-13-30-14-21(20)25-23-22(16(3)26-28(23)24)19-9-8-18(29-4)11-15(19)2/h8-9,11,17H,5-7,10,12-14H2,1-4H3. The molecule has 0 spiro atoms. The predicted molar refractivity (Wildman–Crippen MR) is 118 cm³/mol. The van der Waals surface area contributed by atoms with Crippen LogP contribution in [0, 0.1) is 19.8 Å². The smallest absolute Gasteiger partial charge is 0.165 e. The largest absolute Gasteiger partial charge is 0.497 e. The molecule has 0 bridgehead atoms. The summed E-state index contributed by atoms with van der Waals surface area (Å²) in [6.07, 6.45) is 3.78. The van der Waals surface area contributed by atoms with Gasteiger partial charge in [-0.2, -0.15) is 9.61 Å². The highest BCUT2D eigenvalue weighted by Gasteiger charge is 2.31. The van der Waals surface area contributed by atoms with Crippen LogP contribution in [0.15, 0.2) is 18.2 Å². The summed E-state index contributed by atoms with van der Waals surface area (Å²) in [7, 11) is 1.70. The summed E-state index contributed by atoms with van der Waals surface area (Å²) in [5.74, 6) is 2.85. The number of hydrogen-bond acceptors (Lipinski definition) is 5. The molecular weight excluding hydrogens is 376 g/mol. The molecule has 0 atom stereocenters. The van der Waals surface area contributed by atoms with E-state index in [1.165, 1.54) is 24.2 Å². The van der Waals surface area contributed by atoms with Gasteiger partial charge >= 0.3 is 0 Å². The van der Waals surface area contributed by atoms with E-state index in [9.17, 15) is 0 Å². The number of benzene rings is 1. The molecule has 1 aliphatic heterocycles. The second kappa shape index (κ2) is 7.58. The number of methoxy groups -OCH3 is 1. The minimum Gasteiger partial charge on any atom is -0.497 e. The molecule has 1 fully saturated rings. The molecule has 30 heavy (non-hydrogen) atoms. The Morgan fingerprint density at radius 1 is 1.23 bits per heavy atom. The molecule has 2 aromatic heterocycles. The number of fused-ring (bicyclic) bond motifs is 2. The number of anilines is 1. The minimum absolute atomic E-state index is 0.577. The van der Waals surface area contributed by atoms with Gasteiger partial charge in [-0.3, -0.25) is 0 Å². The van der Waals surface area contributed by atoms with E-state index in [1.54, 1.807) is 7.11 Å². The number of rotatable bonds is 7. The summed E-state index contributed by atoms with van der Waals surface area (Å²) in [6, 6.07) is 6.21. The lowest BCUT2D eigenvalue weighted by molar-refractivity contribution is 0.133. The second-order valence-electron chi connectivity index (χ2n) is 8.62. The highest BCUT2D eigenvalue weighted by atomic mass is 16.5. The maximum absolute atomic E-state index is 5.83. The Bertz CT molecular complexity index is 1100. The number of nitrogens with zero attached hydrogens (tertiary/aromatic N) is 4. The number of aryl methyl sites for hydroxylation is 2. The molecule has 0 radical (unpaired) electrons. The van der Waals surface area contributed by atoms with Crippen LogP contribution in [-0.4, -0.2) is 34.8 Å². The van der Waals surface area contributed by atoms with Crippen molar-refractivity contribution in [2.45, 2.75) is 53.2 Å². The molecule has 0 N–H and O–H groups in total. The molecule has 3 heterocycles. The zero-order valence-corrected chi connectivity index (χ0v) is 18.4. The van der Waals surface area contributed by atoms with Crippen molar-refractivity contribution in [3.05, 3.63) is 40.7 Å². The number of ether oxygens (including phenoxy) is 2. The summed E-state index contributed by atoms with van der Waals surface area (Å²) in [4.78, 5) is 7.58. The van der Waals surface area contributed by atoms with Crippen LogP contribution >= 0.6 is 0 Å². The molecule has 5 rings (SSSR count). The Morgan fingerprint density at radius 3 is 2.77 bits per heavy atom. The van der Waals surface area contributed by atoms with Gasteiger partial charge in [0.15, 0.2) is 5.65 Å². The zero-order chi connectivity index (χ0) is 20.8. The maximum Gasteiger partial charge on any atom is 0.165 e. The molecule has 3 aromatic rings. The lowest BCUT2D eigenvalue weighted by Gasteiger charge is -2.26. The van der Waals surface area contributed by atoms with Gasteiger partial charge in [-0.1, -0.05) is 13.0 Å². The molecule has 1 aliphatic carbocycles. The zero-order valence-electron chi connectivity index (χ0n) is 18.4. The third kappa shape index (κ3) is 3.23. The number of aromatic nitrogens is 3. The first-order chi connectivity index (χ1) is 14.6. The summed E-state index contributed by atoms with van der Waals surface area (Å²) >= 11 is 0. The minimum atomic E-state index is 0.577. The van der Waals surface area contributed by atoms with Crippen molar-refractivity contribution in [1.29, 1.82) is 0 Å². The molecule has 1 saturated carbocycles. The fourth-order valence-corrected chi connectivity index (χ4v) is 4.58. The van der Waals surface area contributed by atoms with Gasteiger partial charge in [-0.15, -0.1) is 0 Å². The topological polar surface area (TPSA) is 51.9 Å². The molecule has 0 unspecified atom stereocenters. The van der Waals surface area contributed by atoms with Crippen molar-refractivity contribution in [1.82, 2.24) is 14.6 Å². The molecule has 6 nitrogen and oxygen atoms in total. The van der Waals surface area contributed by atoms with Crippen molar-refractivity contribution in [2.24, 2.45) is 5.92 Å². The van der Waals surface area contributed by atoms with E-state index in [0.717, 1.165) is 64.9 Å². The molecule has 0 amide bonds. The summed E-state index contributed by atoms with van der Waals surface area (Å²) < 4.78 is 13.3. The molecule has 158 valence electrons. The van der Waals surface area contributed by atoms with E-state index >= 15 is 0 Å². The van der Waals surface area contributed by atoms with Crippen molar-refractivity contribution < 1.29 is 9.47 Å². The summed E-state index contributed by atoms with van der Waals surface area (Å²) in [5.41, 5.74) is 7.62. The van der Waals surface area contributed by atoms with Crippen LogP contribution in [0.1, 0.15) is 48.7 Å². The van der Waals surface area contributed by atoms with Crippen molar-refractivity contribution in [3.63, 3.8) is 0 Å². The fourth-order valence-electron chi connectivity index (χ4n) is 4.58. The lowest BCUT2D eigenvalue weighted by atomic mass is 10.0. The molecule has 0 saturated heterocycles. The van der Waals surface area contributed by atoms with Crippen LogP contribution in [0.4, 0.5) is 5.82 Å². The van der Waals surface area contributed by atoms with Gasteiger partial charge in [0.1, 0.15) is 11.6 Å². The summed E-state index contributed by atoms with van der Waals surface area (Å²) in [5, 5.41) is 5.01. The summed E-state index contributed by atoms with van der Waals surface area (Å²) in [6.45, 7) is 9.77. The lowest BCUT2D eigenvalue weighted by Crippen LogP contribution is -2.30. The van der Waals surface area contributed by atoms with E-state index in [4.69, 9.17) is 19.6 Å². The van der Waals surface area contributed by atoms with E-state index in [1.807, 2.05) is 6.07 Å². The Hall–Kier alpha value is -2.60. The predicted octanol–water partition coefficient (Wildman–Crippen LogP) is 4.68. The van der Waals surface area contributed by atoms with Crippen molar-refractivity contribution in [2.75, 3.05) is 25.1 Å². The first kappa shape index (κ1) is 19.4. The van der Waals surface area contributed by atoms with Gasteiger partial charge in [-0.05, 0) is 62.3 Å². The van der Waals surface area contributed by atoms with E-state index in [0.29, 0.717) is 13.2 Å². The Morgan fingerprint density at radius 2 is 2.07 bits per heavy atom. The second-order valence-corrected chi connectivity index (χ2v) is 8.62. The van der Waals surface area contributed by atoms with Crippen LogP contribution in [0.2, 0.25) is 0 Å². The van der Waals surface area contributed by atoms with E-state index < -0.39 is 0 Å². The molecular formula is C24H30N4O2. The van der Waals surface area contributed by atoms with E-state index in [-0.39, 0.29) is 0 Å². The fraction of sp³-hybridized carbons (Fsp3) is 0.500. The maximum atomic E-state index is 5.83. The van der Waals surface area contributed by atoms with Crippen LogP contribution in [0.5, 0.6) is 5.75 Å². The number of hydrogen-bond donors (Lipinski definition) is 0. The Kier molecular flexibility index (Phi) is 4.89. The average Bonchev–Trinajstić information content (AvgIpc) is 3.32. The third-order valence-electron chi connectivity index (χ3n) is 6.25. The molecule has 1 aromatic carbocycles. The normalized spacial score (nSPS) is 15.6. The van der Waals surface area contributed by atoms with E-state index in [2.05, 4.69) is 42.3 Å².